The number of nitrogens with one attached hydrogen (secondary N) is 1. The predicted octanol–water partition coefficient (Wildman–Crippen LogP) is 3.96. The van der Waals surface area contributed by atoms with E-state index in [1.807, 2.05) is 42.9 Å². The molecule has 0 aliphatic rings. The van der Waals surface area contributed by atoms with Crippen molar-refractivity contribution in [2.45, 2.75) is 13.5 Å². The molecule has 20 heavy (non-hydrogen) atoms. The second-order valence-corrected chi connectivity index (χ2v) is 5.12. The summed E-state index contributed by atoms with van der Waals surface area (Å²) in [6, 6.07) is 12.3. The first-order valence-corrected chi connectivity index (χ1v) is 6.89. The molecule has 0 saturated heterocycles. The van der Waals surface area contributed by atoms with Gasteiger partial charge in [-0.15, -0.1) is 0 Å². The van der Waals surface area contributed by atoms with Gasteiger partial charge >= 0.3 is 0 Å². The van der Waals surface area contributed by atoms with E-state index in [4.69, 9.17) is 12.2 Å². The maximum absolute atomic E-state index is 5.40. The van der Waals surface area contributed by atoms with E-state index in [2.05, 4.69) is 33.6 Å². The molecule has 1 N–H and O–H groups in total. The van der Waals surface area contributed by atoms with Crippen molar-refractivity contribution in [2.24, 2.45) is 0 Å². The van der Waals surface area contributed by atoms with Crippen LogP contribution in [0.15, 0.2) is 55.0 Å². The van der Waals surface area contributed by atoms with Gasteiger partial charge in [-0.2, -0.15) is 0 Å². The molecule has 3 rings (SSSR count). The summed E-state index contributed by atoms with van der Waals surface area (Å²) in [5, 5.41) is 0. The monoisotopic (exact) mass is 281 g/mol. The highest BCUT2D eigenvalue weighted by molar-refractivity contribution is 7.71. The Kier molecular flexibility index (Phi) is 3.48. The van der Waals surface area contributed by atoms with Crippen molar-refractivity contribution < 1.29 is 0 Å². The lowest BCUT2D eigenvalue weighted by molar-refractivity contribution is 0.782. The Labute approximate surface area is 122 Å². The standard InChI is InChI=1S/C16H15N3S/c1-12-7-8-17-9-14(12)11-19-15(10-18-16(19)20)13-5-3-2-4-6-13/h2-10H,11H2,1H3,(H,18,20). The minimum Gasteiger partial charge on any atom is -0.337 e. The smallest absolute Gasteiger partial charge is 0.177 e. The fraction of sp³-hybridized carbons (Fsp3) is 0.125. The molecule has 0 spiro atoms. The van der Waals surface area contributed by atoms with Gasteiger partial charge in [-0.3, -0.25) is 4.98 Å². The molecule has 0 aliphatic heterocycles. The van der Waals surface area contributed by atoms with Crippen LogP contribution in [0.1, 0.15) is 11.1 Å². The van der Waals surface area contributed by atoms with Crippen molar-refractivity contribution in [1.29, 1.82) is 0 Å². The number of hydrogen-bond donors (Lipinski definition) is 1. The molecule has 0 aliphatic carbocycles. The lowest BCUT2D eigenvalue weighted by Crippen LogP contribution is -2.04. The zero-order valence-electron chi connectivity index (χ0n) is 11.2. The molecule has 0 saturated carbocycles. The van der Waals surface area contributed by atoms with E-state index < -0.39 is 0 Å². The van der Waals surface area contributed by atoms with Gasteiger partial charge in [-0.05, 0) is 41.9 Å². The Morgan fingerprint density at radius 3 is 2.75 bits per heavy atom. The fourth-order valence-electron chi connectivity index (χ4n) is 2.23. The summed E-state index contributed by atoms with van der Waals surface area (Å²) in [7, 11) is 0. The molecule has 100 valence electrons. The average molecular weight is 281 g/mol. The van der Waals surface area contributed by atoms with E-state index in [-0.39, 0.29) is 0 Å². The van der Waals surface area contributed by atoms with E-state index in [1.54, 1.807) is 0 Å². The first-order chi connectivity index (χ1) is 9.75. The molecule has 0 bridgehead atoms. The Morgan fingerprint density at radius 1 is 1.20 bits per heavy atom. The van der Waals surface area contributed by atoms with E-state index in [9.17, 15) is 0 Å². The first-order valence-electron chi connectivity index (χ1n) is 6.49. The van der Waals surface area contributed by atoms with Crippen molar-refractivity contribution in [1.82, 2.24) is 14.5 Å². The molecule has 4 heteroatoms. The highest BCUT2D eigenvalue weighted by Crippen LogP contribution is 2.21. The number of imidazole rings is 1. The van der Waals surface area contributed by atoms with Gasteiger partial charge in [0, 0.05) is 18.6 Å². The minimum atomic E-state index is 0.728. The van der Waals surface area contributed by atoms with Gasteiger partial charge in [0.15, 0.2) is 4.77 Å². The molecular weight excluding hydrogens is 266 g/mol. The van der Waals surface area contributed by atoms with Crippen molar-refractivity contribution in [2.75, 3.05) is 0 Å². The van der Waals surface area contributed by atoms with E-state index in [0.29, 0.717) is 0 Å². The summed E-state index contributed by atoms with van der Waals surface area (Å²) in [5.74, 6) is 0. The highest BCUT2D eigenvalue weighted by atomic mass is 32.1. The molecule has 1 aromatic carbocycles. The summed E-state index contributed by atoms with van der Waals surface area (Å²) >= 11 is 5.40. The van der Waals surface area contributed by atoms with Crippen LogP contribution in [0.3, 0.4) is 0 Å². The van der Waals surface area contributed by atoms with Crippen LogP contribution in [0.2, 0.25) is 0 Å². The molecule has 0 atom stereocenters. The molecule has 0 unspecified atom stereocenters. The second kappa shape index (κ2) is 5.43. The number of aryl methyl sites for hydroxylation is 1. The van der Waals surface area contributed by atoms with Crippen LogP contribution in [0.25, 0.3) is 11.3 Å². The summed E-state index contributed by atoms with van der Waals surface area (Å²) in [6.07, 6.45) is 5.68. The third-order valence-electron chi connectivity index (χ3n) is 3.41. The van der Waals surface area contributed by atoms with Crippen LogP contribution in [-0.4, -0.2) is 14.5 Å². The SMILES string of the molecule is Cc1ccncc1Cn1c(-c2ccccc2)c[nH]c1=S. The van der Waals surface area contributed by atoms with Crippen molar-refractivity contribution in [3.8, 4) is 11.3 Å². The van der Waals surface area contributed by atoms with E-state index in [1.165, 1.54) is 11.1 Å². The topological polar surface area (TPSA) is 33.6 Å². The highest BCUT2D eigenvalue weighted by Gasteiger charge is 2.08. The van der Waals surface area contributed by atoms with Crippen molar-refractivity contribution in [3.63, 3.8) is 0 Å². The third-order valence-corrected chi connectivity index (χ3v) is 3.75. The van der Waals surface area contributed by atoms with Crippen LogP contribution in [0.4, 0.5) is 0 Å². The van der Waals surface area contributed by atoms with Crippen LogP contribution in [-0.2, 0) is 6.54 Å². The molecule has 0 fully saturated rings. The maximum atomic E-state index is 5.40. The fourth-order valence-corrected chi connectivity index (χ4v) is 2.45. The quantitative estimate of drug-likeness (QED) is 0.737. The molecule has 2 heterocycles. The average Bonchev–Trinajstić information content (AvgIpc) is 2.84. The number of aromatic nitrogens is 3. The Balaban J connectivity index is 2.05. The number of nitrogens with zero attached hydrogens (tertiary/aromatic N) is 2. The number of hydrogen-bond acceptors (Lipinski definition) is 2. The van der Waals surface area contributed by atoms with Gasteiger partial charge < -0.3 is 9.55 Å². The first kappa shape index (κ1) is 12.8. The van der Waals surface area contributed by atoms with Gasteiger partial charge in [0.1, 0.15) is 0 Å². The van der Waals surface area contributed by atoms with E-state index in [0.717, 1.165) is 22.6 Å². The third kappa shape index (κ3) is 2.42. The van der Waals surface area contributed by atoms with Crippen LogP contribution >= 0.6 is 12.2 Å². The zero-order valence-corrected chi connectivity index (χ0v) is 12.0. The molecule has 0 amide bonds. The summed E-state index contributed by atoms with van der Waals surface area (Å²) in [4.78, 5) is 7.33. The molecular formula is C16H15N3S. The predicted molar refractivity (Wildman–Crippen MR) is 83.1 cm³/mol. The van der Waals surface area contributed by atoms with Crippen LogP contribution in [0, 0.1) is 11.7 Å². The Morgan fingerprint density at radius 2 is 2.00 bits per heavy atom. The van der Waals surface area contributed by atoms with Gasteiger partial charge in [-0.25, -0.2) is 0 Å². The summed E-state index contributed by atoms with van der Waals surface area (Å²) in [6.45, 7) is 2.82. The molecule has 3 nitrogen and oxygen atoms in total. The van der Waals surface area contributed by atoms with Crippen molar-refractivity contribution >= 4 is 12.2 Å². The van der Waals surface area contributed by atoms with Gasteiger partial charge in [0.2, 0.25) is 0 Å². The summed E-state index contributed by atoms with van der Waals surface area (Å²) < 4.78 is 2.83. The second-order valence-electron chi connectivity index (χ2n) is 4.73. The lowest BCUT2D eigenvalue weighted by atomic mass is 10.1. The normalized spacial score (nSPS) is 10.7. The number of pyridine rings is 1. The Bertz CT molecular complexity index is 772. The van der Waals surface area contributed by atoms with Gasteiger partial charge in [-0.1, -0.05) is 30.3 Å². The van der Waals surface area contributed by atoms with E-state index >= 15 is 0 Å². The minimum absolute atomic E-state index is 0.728. The van der Waals surface area contributed by atoms with Gasteiger partial charge in [0.25, 0.3) is 0 Å². The maximum Gasteiger partial charge on any atom is 0.177 e. The van der Waals surface area contributed by atoms with Crippen LogP contribution in [0.5, 0.6) is 0 Å². The van der Waals surface area contributed by atoms with Crippen molar-refractivity contribution in [3.05, 3.63) is 70.9 Å². The largest absolute Gasteiger partial charge is 0.337 e. The van der Waals surface area contributed by atoms with Gasteiger partial charge in [0.05, 0.1) is 12.2 Å². The van der Waals surface area contributed by atoms with Crippen LogP contribution < -0.4 is 0 Å². The molecule has 2 aromatic heterocycles. The molecule has 0 radical (unpaired) electrons. The number of rotatable bonds is 3. The molecule has 3 aromatic rings. The zero-order chi connectivity index (χ0) is 13.9. The number of benzene rings is 1. The number of H-pyrrole nitrogens is 1. The Hall–Kier alpha value is -2.20. The number of aromatic amines is 1. The lowest BCUT2D eigenvalue weighted by Gasteiger charge is -2.10. The summed E-state index contributed by atoms with van der Waals surface area (Å²) in [5.41, 5.74) is 4.66.